The Bertz CT molecular complexity index is 538. The second-order valence-electron chi connectivity index (χ2n) is 5.43. The van der Waals surface area contributed by atoms with Crippen molar-refractivity contribution >= 4 is 5.78 Å². The quantitative estimate of drug-likeness (QED) is 0.835. The zero-order valence-electron chi connectivity index (χ0n) is 12.7. The van der Waals surface area contributed by atoms with Crippen molar-refractivity contribution in [2.24, 2.45) is 0 Å². The van der Waals surface area contributed by atoms with Gasteiger partial charge in [0.2, 0.25) is 0 Å². The highest BCUT2D eigenvalue weighted by Gasteiger charge is 2.32. The number of phenols is 1. The molecular formula is C16H22O5. The number of Topliss-reactive ketones (excluding diaryl/α,β-unsaturated/α-hetero) is 1. The molecule has 2 rings (SSSR count). The fraction of sp³-hybridized carbons (Fsp3) is 0.562. The van der Waals surface area contributed by atoms with Gasteiger partial charge in [0.15, 0.2) is 5.78 Å². The third kappa shape index (κ3) is 2.83. The van der Waals surface area contributed by atoms with Gasteiger partial charge in [0, 0.05) is 17.5 Å². The molecule has 1 aliphatic rings. The summed E-state index contributed by atoms with van der Waals surface area (Å²) >= 11 is 0. The predicted octanol–water partition coefficient (Wildman–Crippen LogP) is 2.63. The van der Waals surface area contributed by atoms with E-state index < -0.39 is 6.10 Å². The van der Waals surface area contributed by atoms with Gasteiger partial charge in [-0.05, 0) is 19.8 Å². The summed E-state index contributed by atoms with van der Waals surface area (Å²) in [6, 6.07) is 1.60. The fourth-order valence-corrected chi connectivity index (χ4v) is 3.11. The Morgan fingerprint density at radius 2 is 1.81 bits per heavy atom. The lowest BCUT2D eigenvalue weighted by atomic mass is 9.80. The van der Waals surface area contributed by atoms with Gasteiger partial charge in [-0.1, -0.05) is 12.8 Å². The van der Waals surface area contributed by atoms with Gasteiger partial charge in [0.25, 0.3) is 0 Å². The summed E-state index contributed by atoms with van der Waals surface area (Å²) in [7, 11) is 2.94. The number of aliphatic hydroxyl groups is 1. The third-order valence-electron chi connectivity index (χ3n) is 4.16. The largest absolute Gasteiger partial charge is 0.507 e. The van der Waals surface area contributed by atoms with Crippen molar-refractivity contribution in [1.82, 2.24) is 0 Å². The minimum absolute atomic E-state index is 0.135. The standard InChI is InChI=1S/C16H22O5/c1-9(17)14-12(20-2)8-13(21-3)15(16(14)19)10-6-4-5-7-11(10)18/h8,10-11,18-19H,4-7H2,1-3H3. The van der Waals surface area contributed by atoms with Crippen LogP contribution in [-0.2, 0) is 0 Å². The first-order valence-corrected chi connectivity index (χ1v) is 7.18. The van der Waals surface area contributed by atoms with Crippen molar-refractivity contribution in [3.63, 3.8) is 0 Å². The van der Waals surface area contributed by atoms with Crippen LogP contribution in [0.4, 0.5) is 0 Å². The lowest BCUT2D eigenvalue weighted by molar-refractivity contribution is 0.0992. The zero-order chi connectivity index (χ0) is 15.6. The highest BCUT2D eigenvalue weighted by molar-refractivity contribution is 6.00. The second kappa shape index (κ2) is 6.35. The number of methoxy groups -OCH3 is 2. The lowest BCUT2D eigenvalue weighted by Gasteiger charge is -2.30. The van der Waals surface area contributed by atoms with Crippen molar-refractivity contribution in [1.29, 1.82) is 0 Å². The smallest absolute Gasteiger partial charge is 0.167 e. The molecule has 1 fully saturated rings. The second-order valence-corrected chi connectivity index (χ2v) is 5.43. The lowest BCUT2D eigenvalue weighted by Crippen LogP contribution is -2.23. The summed E-state index contributed by atoms with van der Waals surface area (Å²) in [5.74, 6) is 0.0899. The van der Waals surface area contributed by atoms with Crippen LogP contribution in [0.2, 0.25) is 0 Å². The van der Waals surface area contributed by atoms with E-state index in [0.717, 1.165) is 19.3 Å². The van der Waals surface area contributed by atoms with Gasteiger partial charge >= 0.3 is 0 Å². The first-order valence-electron chi connectivity index (χ1n) is 7.18. The highest BCUT2D eigenvalue weighted by Crippen LogP contribution is 2.47. The molecule has 0 bridgehead atoms. The summed E-state index contributed by atoms with van der Waals surface area (Å²) in [6.45, 7) is 1.38. The molecule has 2 N–H and O–H groups in total. The molecule has 0 heterocycles. The number of carbonyl (C=O) groups excluding carboxylic acids is 1. The van der Waals surface area contributed by atoms with Crippen molar-refractivity contribution in [2.45, 2.75) is 44.6 Å². The van der Waals surface area contributed by atoms with Crippen molar-refractivity contribution < 1.29 is 24.5 Å². The molecule has 0 aliphatic heterocycles. The van der Waals surface area contributed by atoms with Crippen LogP contribution in [0, 0.1) is 0 Å². The number of hydrogen-bond acceptors (Lipinski definition) is 5. The Morgan fingerprint density at radius 1 is 1.19 bits per heavy atom. The Hall–Kier alpha value is -1.75. The maximum atomic E-state index is 11.8. The molecule has 1 saturated carbocycles. The molecule has 21 heavy (non-hydrogen) atoms. The average Bonchev–Trinajstić information content (AvgIpc) is 2.46. The monoisotopic (exact) mass is 294 g/mol. The normalized spacial score (nSPS) is 21.9. The predicted molar refractivity (Wildman–Crippen MR) is 78.4 cm³/mol. The summed E-state index contributed by atoms with van der Waals surface area (Å²) in [5.41, 5.74) is 0.654. The summed E-state index contributed by atoms with van der Waals surface area (Å²) in [5, 5.41) is 20.8. The van der Waals surface area contributed by atoms with Crippen molar-refractivity contribution in [3.05, 3.63) is 17.2 Å². The fourth-order valence-electron chi connectivity index (χ4n) is 3.11. The maximum Gasteiger partial charge on any atom is 0.167 e. The molecule has 0 aromatic heterocycles. The molecule has 2 unspecified atom stereocenters. The van der Waals surface area contributed by atoms with E-state index in [4.69, 9.17) is 9.47 Å². The Kier molecular flexibility index (Phi) is 4.73. The molecule has 1 aromatic carbocycles. The SMILES string of the molecule is COc1cc(OC)c(C2CCCCC2O)c(O)c1C(C)=O. The number of carbonyl (C=O) groups is 1. The van der Waals surface area contributed by atoms with E-state index in [9.17, 15) is 15.0 Å². The van der Waals surface area contributed by atoms with Crippen LogP contribution in [0.3, 0.4) is 0 Å². The number of phenolic OH excluding ortho intramolecular Hbond substituents is 1. The third-order valence-corrected chi connectivity index (χ3v) is 4.16. The maximum absolute atomic E-state index is 11.8. The number of hydrogen-bond donors (Lipinski definition) is 2. The van der Waals surface area contributed by atoms with Crippen molar-refractivity contribution in [2.75, 3.05) is 14.2 Å². The molecule has 5 nitrogen and oxygen atoms in total. The highest BCUT2D eigenvalue weighted by atomic mass is 16.5. The molecule has 2 atom stereocenters. The first kappa shape index (κ1) is 15.6. The molecule has 0 saturated heterocycles. The average molecular weight is 294 g/mol. The Morgan fingerprint density at radius 3 is 2.33 bits per heavy atom. The first-order chi connectivity index (χ1) is 10.0. The van der Waals surface area contributed by atoms with Gasteiger partial charge in [0.1, 0.15) is 22.8 Å². The van der Waals surface area contributed by atoms with E-state index >= 15 is 0 Å². The number of ether oxygens (including phenoxy) is 2. The van der Waals surface area contributed by atoms with Crippen molar-refractivity contribution in [3.8, 4) is 17.2 Å². The molecule has 0 spiro atoms. The number of aliphatic hydroxyl groups excluding tert-OH is 1. The molecule has 1 aliphatic carbocycles. The molecule has 116 valence electrons. The summed E-state index contributed by atoms with van der Waals surface area (Å²) < 4.78 is 10.5. The van der Waals surface area contributed by atoms with E-state index in [0.29, 0.717) is 17.7 Å². The molecule has 0 amide bonds. The van der Waals surface area contributed by atoms with Crippen LogP contribution < -0.4 is 9.47 Å². The summed E-state index contributed by atoms with van der Waals surface area (Å²) in [6.07, 6.45) is 2.86. The molecule has 1 aromatic rings. The van der Waals surface area contributed by atoms with E-state index in [1.165, 1.54) is 21.1 Å². The van der Waals surface area contributed by atoms with E-state index in [1.807, 2.05) is 0 Å². The van der Waals surface area contributed by atoms with Crippen LogP contribution in [0.5, 0.6) is 17.2 Å². The van der Waals surface area contributed by atoms with Crippen LogP contribution >= 0.6 is 0 Å². The van der Waals surface area contributed by atoms with E-state index in [-0.39, 0.29) is 28.8 Å². The minimum atomic E-state index is -0.535. The molecule has 5 heteroatoms. The van der Waals surface area contributed by atoms with E-state index in [2.05, 4.69) is 0 Å². The number of aromatic hydroxyl groups is 1. The van der Waals surface area contributed by atoms with Gasteiger partial charge < -0.3 is 19.7 Å². The van der Waals surface area contributed by atoms with Gasteiger partial charge in [-0.15, -0.1) is 0 Å². The minimum Gasteiger partial charge on any atom is -0.507 e. The number of benzene rings is 1. The van der Waals surface area contributed by atoms with Gasteiger partial charge in [-0.2, -0.15) is 0 Å². The number of rotatable bonds is 4. The Labute approximate surface area is 124 Å². The van der Waals surface area contributed by atoms with Crippen LogP contribution in [0.25, 0.3) is 0 Å². The summed E-state index contributed by atoms with van der Waals surface area (Å²) in [4.78, 5) is 11.8. The number of ketones is 1. The molecular weight excluding hydrogens is 272 g/mol. The van der Waals surface area contributed by atoms with Crippen LogP contribution in [-0.4, -0.2) is 36.3 Å². The van der Waals surface area contributed by atoms with Crippen LogP contribution in [0.15, 0.2) is 6.07 Å². The van der Waals surface area contributed by atoms with Gasteiger partial charge in [-0.3, -0.25) is 4.79 Å². The van der Waals surface area contributed by atoms with E-state index in [1.54, 1.807) is 6.07 Å². The van der Waals surface area contributed by atoms with Crippen LogP contribution in [0.1, 0.15) is 54.4 Å². The Balaban J connectivity index is 2.62. The topological polar surface area (TPSA) is 76.0 Å². The molecule has 0 radical (unpaired) electrons. The van der Waals surface area contributed by atoms with Gasteiger partial charge in [0.05, 0.1) is 20.3 Å². The van der Waals surface area contributed by atoms with Gasteiger partial charge in [-0.25, -0.2) is 0 Å². The zero-order valence-corrected chi connectivity index (χ0v) is 12.7.